The molecule has 2 amide bonds. The second-order valence-electron chi connectivity index (χ2n) is 8.82. The molecule has 2 fully saturated rings. The summed E-state index contributed by atoms with van der Waals surface area (Å²) in [7, 11) is 0. The molecule has 3 atom stereocenters. The molecule has 0 saturated carbocycles. The fraction of sp³-hybridized carbons (Fsp3) is 0.276. The van der Waals surface area contributed by atoms with Gasteiger partial charge in [0.15, 0.2) is 17.6 Å². The number of carbonyl (C=O) groups is 2. The maximum atomic E-state index is 13.8. The molecule has 37 heavy (non-hydrogen) atoms. The number of carbonyl (C=O) groups excluding carboxylic acids is 2. The number of rotatable bonds is 8. The molecule has 2 aliphatic heterocycles. The van der Waals surface area contributed by atoms with Crippen molar-refractivity contribution in [2.24, 2.45) is 5.92 Å². The number of hydrogen-bond acceptors (Lipinski definition) is 7. The summed E-state index contributed by atoms with van der Waals surface area (Å²) in [5.41, 5.74) is 2.36. The van der Waals surface area contributed by atoms with Crippen LogP contribution in [0.5, 0.6) is 11.5 Å². The first-order valence-corrected chi connectivity index (χ1v) is 12.4. The van der Waals surface area contributed by atoms with Crippen molar-refractivity contribution in [2.45, 2.75) is 32.4 Å². The number of nitrogens with zero attached hydrogens (tertiary/aromatic N) is 3. The zero-order valence-corrected chi connectivity index (χ0v) is 20.7. The van der Waals surface area contributed by atoms with Gasteiger partial charge in [0.05, 0.1) is 42.3 Å². The highest BCUT2D eigenvalue weighted by molar-refractivity contribution is 6.23. The van der Waals surface area contributed by atoms with E-state index in [1.54, 1.807) is 29.3 Å². The molecular weight excluding hydrogens is 470 g/mol. The Bertz CT molecular complexity index is 1340. The monoisotopic (exact) mass is 497 g/mol. The molecule has 3 aromatic carbocycles. The van der Waals surface area contributed by atoms with Crippen LogP contribution in [0.4, 0.5) is 11.4 Å². The number of benzene rings is 3. The topological polar surface area (TPSA) is 92.1 Å². The number of hydrogen-bond donors (Lipinski definition) is 0. The van der Waals surface area contributed by atoms with Gasteiger partial charge in [-0.1, -0.05) is 31.2 Å². The molecular formula is C29H27N3O5. The maximum Gasteiger partial charge on any atom is 0.266 e. The average Bonchev–Trinajstić information content (AvgIpc) is 3.44. The Morgan fingerprint density at radius 2 is 1.65 bits per heavy atom. The van der Waals surface area contributed by atoms with Crippen LogP contribution in [0, 0.1) is 17.2 Å². The quantitative estimate of drug-likeness (QED) is 0.413. The van der Waals surface area contributed by atoms with Gasteiger partial charge >= 0.3 is 0 Å². The molecule has 0 aromatic heterocycles. The number of para-hydroxylation sites is 1. The van der Waals surface area contributed by atoms with Crippen molar-refractivity contribution in [3.05, 3.63) is 83.9 Å². The molecule has 0 bridgehead atoms. The summed E-state index contributed by atoms with van der Waals surface area (Å²) in [4.78, 5) is 34.7. The Balaban J connectivity index is 1.56. The fourth-order valence-electron chi connectivity index (χ4n) is 4.80. The Hall–Kier alpha value is -4.35. The molecule has 0 N–H and O–H groups in total. The summed E-state index contributed by atoms with van der Waals surface area (Å²) >= 11 is 0. The van der Waals surface area contributed by atoms with Crippen LogP contribution in [0.3, 0.4) is 0 Å². The molecule has 2 heterocycles. The summed E-state index contributed by atoms with van der Waals surface area (Å²) in [5.74, 6) is -0.364. The Labute approximate surface area is 215 Å². The molecule has 2 aliphatic rings. The molecule has 3 aromatic rings. The van der Waals surface area contributed by atoms with E-state index in [0.29, 0.717) is 36.0 Å². The van der Waals surface area contributed by atoms with Crippen molar-refractivity contribution in [3.8, 4) is 17.6 Å². The number of nitriles is 1. The zero-order chi connectivity index (χ0) is 25.9. The minimum atomic E-state index is -0.986. The van der Waals surface area contributed by atoms with Gasteiger partial charge in [0.25, 0.3) is 5.91 Å². The van der Waals surface area contributed by atoms with Crippen LogP contribution in [0.2, 0.25) is 0 Å². The van der Waals surface area contributed by atoms with Crippen molar-refractivity contribution in [3.63, 3.8) is 0 Å². The van der Waals surface area contributed by atoms with Crippen LogP contribution in [0.1, 0.15) is 37.4 Å². The van der Waals surface area contributed by atoms with Crippen LogP contribution in [-0.2, 0) is 14.4 Å². The van der Waals surface area contributed by atoms with Crippen molar-refractivity contribution < 1.29 is 23.9 Å². The number of hydroxylamine groups is 1. The number of anilines is 2. The largest absolute Gasteiger partial charge is 0.490 e. The van der Waals surface area contributed by atoms with Crippen LogP contribution >= 0.6 is 0 Å². The average molecular weight is 498 g/mol. The Morgan fingerprint density at radius 1 is 0.892 bits per heavy atom. The second-order valence-corrected chi connectivity index (χ2v) is 8.82. The molecule has 0 spiro atoms. The van der Waals surface area contributed by atoms with Crippen molar-refractivity contribution >= 4 is 23.2 Å². The first kappa shape index (κ1) is 24.3. The van der Waals surface area contributed by atoms with Crippen LogP contribution in [0.15, 0.2) is 72.8 Å². The second kappa shape index (κ2) is 10.3. The molecule has 0 unspecified atom stereocenters. The van der Waals surface area contributed by atoms with Gasteiger partial charge in [-0.15, -0.1) is 0 Å². The van der Waals surface area contributed by atoms with Gasteiger partial charge in [-0.05, 0) is 67.4 Å². The van der Waals surface area contributed by atoms with Crippen molar-refractivity contribution in [2.75, 3.05) is 23.2 Å². The van der Waals surface area contributed by atoms with Crippen LogP contribution < -0.4 is 19.4 Å². The first-order valence-electron chi connectivity index (χ1n) is 12.4. The molecule has 5 rings (SSSR count). The summed E-state index contributed by atoms with van der Waals surface area (Å²) in [5, 5.41) is 10.8. The lowest BCUT2D eigenvalue weighted by atomic mass is 9.90. The lowest BCUT2D eigenvalue weighted by Crippen LogP contribution is -2.37. The van der Waals surface area contributed by atoms with Crippen LogP contribution in [0.25, 0.3) is 0 Å². The van der Waals surface area contributed by atoms with E-state index < -0.39 is 24.0 Å². The third kappa shape index (κ3) is 4.39. The number of fused-ring (bicyclic) bond motifs is 1. The lowest BCUT2D eigenvalue weighted by Gasteiger charge is -2.29. The van der Waals surface area contributed by atoms with E-state index in [1.165, 1.54) is 0 Å². The van der Waals surface area contributed by atoms with Gasteiger partial charge in [-0.2, -0.15) is 5.26 Å². The standard InChI is InChI=1S/C29H27N3O5/c1-3-16-36-23-15-12-20(17-24(23)35-4-2)26-25-27(37-32(26)22-8-6-5-7-9-22)29(34)31(28(25)33)21-13-10-19(18-30)11-14-21/h5-15,17,25-27H,3-4,16H2,1-2H3/t25-,26+,27-/m0/s1. The van der Waals surface area contributed by atoms with E-state index >= 15 is 0 Å². The normalized spacial score (nSPS) is 20.6. The molecule has 0 aliphatic carbocycles. The van der Waals surface area contributed by atoms with Crippen molar-refractivity contribution in [1.29, 1.82) is 5.26 Å². The number of amides is 2. The first-order chi connectivity index (χ1) is 18.1. The van der Waals surface area contributed by atoms with Gasteiger partial charge in [-0.3, -0.25) is 14.4 Å². The number of ether oxygens (including phenoxy) is 2. The van der Waals surface area contributed by atoms with Gasteiger partial charge in [0, 0.05) is 0 Å². The SMILES string of the molecule is CCCOc1ccc([C@@H]2[C@@H]3C(=O)N(c4ccc(C#N)cc4)C(=O)[C@H]3ON2c2ccccc2)cc1OCC. The highest BCUT2D eigenvalue weighted by atomic mass is 16.7. The Morgan fingerprint density at radius 3 is 2.32 bits per heavy atom. The highest BCUT2D eigenvalue weighted by Crippen LogP contribution is 2.48. The minimum Gasteiger partial charge on any atom is -0.490 e. The van der Waals surface area contributed by atoms with Gasteiger partial charge in [0.1, 0.15) is 5.92 Å². The predicted molar refractivity (Wildman–Crippen MR) is 137 cm³/mol. The van der Waals surface area contributed by atoms with Crippen molar-refractivity contribution in [1.82, 2.24) is 0 Å². The van der Waals surface area contributed by atoms with Crippen LogP contribution in [-0.4, -0.2) is 31.1 Å². The third-order valence-electron chi connectivity index (χ3n) is 6.45. The third-order valence-corrected chi connectivity index (χ3v) is 6.45. The van der Waals surface area contributed by atoms with Gasteiger partial charge in [0.2, 0.25) is 5.91 Å². The molecule has 8 nitrogen and oxygen atoms in total. The summed E-state index contributed by atoms with van der Waals surface area (Å²) in [6.45, 7) is 4.94. The maximum absolute atomic E-state index is 13.8. The lowest BCUT2D eigenvalue weighted by molar-refractivity contribution is -0.126. The summed E-state index contributed by atoms with van der Waals surface area (Å²) < 4.78 is 11.7. The highest BCUT2D eigenvalue weighted by Gasteiger charge is 2.60. The van der Waals surface area contributed by atoms with Gasteiger partial charge in [-0.25, -0.2) is 9.96 Å². The summed E-state index contributed by atoms with van der Waals surface area (Å²) in [6.07, 6.45) is -0.128. The Kier molecular flexibility index (Phi) is 6.80. The van der Waals surface area contributed by atoms with Gasteiger partial charge < -0.3 is 9.47 Å². The van der Waals surface area contributed by atoms with E-state index in [4.69, 9.17) is 19.6 Å². The smallest absolute Gasteiger partial charge is 0.266 e. The molecule has 0 radical (unpaired) electrons. The summed E-state index contributed by atoms with van der Waals surface area (Å²) in [6, 6.07) is 22.9. The fourth-order valence-corrected chi connectivity index (χ4v) is 4.80. The molecule has 2 saturated heterocycles. The van der Waals surface area contributed by atoms with E-state index in [1.807, 2.05) is 62.4 Å². The van der Waals surface area contributed by atoms with E-state index in [9.17, 15) is 9.59 Å². The van der Waals surface area contributed by atoms with E-state index in [0.717, 1.165) is 22.6 Å². The number of imide groups is 1. The van der Waals surface area contributed by atoms with E-state index in [2.05, 4.69) is 6.07 Å². The molecule has 8 heteroatoms. The predicted octanol–water partition coefficient (Wildman–Crippen LogP) is 4.80. The minimum absolute atomic E-state index is 0.354. The molecule has 188 valence electrons. The zero-order valence-electron chi connectivity index (χ0n) is 20.7. The van der Waals surface area contributed by atoms with E-state index in [-0.39, 0.29) is 5.91 Å².